The summed E-state index contributed by atoms with van der Waals surface area (Å²) < 4.78 is 0. The van der Waals surface area contributed by atoms with Gasteiger partial charge >= 0.3 is 0 Å². The number of nitrogens with zero attached hydrogens (tertiary/aromatic N) is 3. The first kappa shape index (κ1) is 13.2. The maximum absolute atomic E-state index is 5.92. The van der Waals surface area contributed by atoms with Crippen molar-refractivity contribution in [2.45, 2.75) is 6.42 Å². The average molecular weight is 280 g/mol. The molecule has 0 saturated heterocycles. The number of rotatable bonds is 3. The number of nitrogens with one attached hydrogen (secondary N) is 1. The Labute approximate surface area is 114 Å². The predicted molar refractivity (Wildman–Crippen MR) is 77.1 cm³/mol. The van der Waals surface area contributed by atoms with Gasteiger partial charge in [0, 0.05) is 24.3 Å². The molecule has 7 N–H and O–H groups in total. The minimum Gasteiger partial charge on any atom is -0.370 e. The predicted octanol–water partition coefficient (Wildman–Crippen LogP) is 0.347. The van der Waals surface area contributed by atoms with Gasteiger partial charge < -0.3 is 22.2 Å². The maximum atomic E-state index is 5.92. The Morgan fingerprint density at radius 2 is 2.16 bits per heavy atom. The molecule has 0 fully saturated rings. The molecule has 0 aliphatic rings. The molecule has 7 nitrogen and oxygen atoms in total. The molecule has 0 atom stereocenters. The van der Waals surface area contributed by atoms with Crippen LogP contribution in [0.4, 0.5) is 0 Å². The van der Waals surface area contributed by atoms with Crippen LogP contribution in [0.1, 0.15) is 5.56 Å². The summed E-state index contributed by atoms with van der Waals surface area (Å²) in [7, 11) is 0. The third-order valence-electron chi connectivity index (χ3n) is 2.48. The molecule has 0 saturated carbocycles. The average Bonchev–Trinajstić information content (AvgIpc) is 2.71. The van der Waals surface area contributed by atoms with Crippen LogP contribution in [0.15, 0.2) is 28.4 Å². The SMILES string of the molecule is NC(N)=NC(N)=NCCc1c[nH]c2ncc(Cl)cc12. The van der Waals surface area contributed by atoms with Gasteiger partial charge in [0.25, 0.3) is 0 Å². The number of guanidine groups is 2. The smallest absolute Gasteiger partial charge is 0.218 e. The van der Waals surface area contributed by atoms with E-state index in [2.05, 4.69) is 20.0 Å². The number of pyridine rings is 1. The summed E-state index contributed by atoms with van der Waals surface area (Å²) in [5.41, 5.74) is 17.7. The topological polar surface area (TPSA) is 131 Å². The number of halogens is 1. The van der Waals surface area contributed by atoms with Gasteiger partial charge in [-0.1, -0.05) is 11.6 Å². The molecule has 100 valence electrons. The first-order valence-electron chi connectivity index (χ1n) is 5.57. The van der Waals surface area contributed by atoms with Gasteiger partial charge in [-0.05, 0) is 18.1 Å². The molecule has 0 aromatic carbocycles. The summed E-state index contributed by atoms with van der Waals surface area (Å²) in [5, 5.41) is 1.57. The fourth-order valence-electron chi connectivity index (χ4n) is 1.70. The van der Waals surface area contributed by atoms with Gasteiger partial charge in [-0.25, -0.2) is 4.98 Å². The van der Waals surface area contributed by atoms with Crippen LogP contribution >= 0.6 is 11.6 Å². The van der Waals surface area contributed by atoms with E-state index in [9.17, 15) is 0 Å². The number of H-pyrrole nitrogens is 1. The molecule has 2 aromatic heterocycles. The van der Waals surface area contributed by atoms with Crippen molar-refractivity contribution in [1.82, 2.24) is 9.97 Å². The van der Waals surface area contributed by atoms with Crippen LogP contribution in [0.3, 0.4) is 0 Å². The molecule has 19 heavy (non-hydrogen) atoms. The van der Waals surface area contributed by atoms with Crippen LogP contribution in [0.25, 0.3) is 11.0 Å². The fourth-order valence-corrected chi connectivity index (χ4v) is 1.86. The van der Waals surface area contributed by atoms with E-state index >= 15 is 0 Å². The largest absolute Gasteiger partial charge is 0.370 e. The van der Waals surface area contributed by atoms with Gasteiger partial charge in [-0.3, -0.25) is 4.99 Å². The second-order valence-electron chi connectivity index (χ2n) is 3.89. The Kier molecular flexibility index (Phi) is 3.86. The lowest BCUT2D eigenvalue weighted by Gasteiger charge is -1.97. The Morgan fingerprint density at radius 3 is 2.89 bits per heavy atom. The Bertz CT molecular complexity index is 640. The van der Waals surface area contributed by atoms with Crippen molar-refractivity contribution in [3.8, 4) is 0 Å². The third kappa shape index (κ3) is 3.35. The number of hydrogen-bond donors (Lipinski definition) is 4. The monoisotopic (exact) mass is 279 g/mol. The van der Waals surface area contributed by atoms with Gasteiger partial charge in [0.2, 0.25) is 5.96 Å². The lowest BCUT2D eigenvalue weighted by Crippen LogP contribution is -2.26. The highest BCUT2D eigenvalue weighted by Gasteiger charge is 2.05. The third-order valence-corrected chi connectivity index (χ3v) is 2.69. The molecule has 0 radical (unpaired) electrons. The highest BCUT2D eigenvalue weighted by molar-refractivity contribution is 6.31. The summed E-state index contributed by atoms with van der Waals surface area (Å²) in [4.78, 5) is 14.9. The van der Waals surface area contributed by atoms with Crippen molar-refractivity contribution in [1.29, 1.82) is 0 Å². The number of nitrogens with two attached hydrogens (primary N) is 3. The van der Waals surface area contributed by atoms with Gasteiger partial charge in [0.15, 0.2) is 5.96 Å². The molecule has 0 spiro atoms. The highest BCUT2D eigenvalue weighted by atomic mass is 35.5. The molecular weight excluding hydrogens is 266 g/mol. The van der Waals surface area contributed by atoms with Crippen molar-refractivity contribution in [3.63, 3.8) is 0 Å². The number of aromatic amines is 1. The van der Waals surface area contributed by atoms with Crippen molar-refractivity contribution < 1.29 is 0 Å². The lowest BCUT2D eigenvalue weighted by molar-refractivity contribution is 0.969. The van der Waals surface area contributed by atoms with E-state index < -0.39 is 0 Å². The van der Waals surface area contributed by atoms with E-state index in [0.717, 1.165) is 16.6 Å². The normalized spacial score (nSPS) is 11.7. The molecule has 0 aliphatic carbocycles. The van der Waals surface area contributed by atoms with Gasteiger partial charge in [-0.2, -0.15) is 4.99 Å². The van der Waals surface area contributed by atoms with E-state index in [1.165, 1.54) is 0 Å². The number of aromatic nitrogens is 2. The summed E-state index contributed by atoms with van der Waals surface area (Å²) in [6, 6.07) is 1.86. The standard InChI is InChI=1S/C11H14ClN7/c12-7-3-8-6(4-17-9(8)18-5-7)1-2-16-11(15)19-10(13)14/h3-5H,1-2H2,(H,17,18)(H6,13,14,15,16,19). The van der Waals surface area contributed by atoms with Crippen LogP contribution < -0.4 is 17.2 Å². The fraction of sp³-hybridized carbons (Fsp3) is 0.182. The van der Waals surface area contributed by atoms with Crippen LogP contribution in [-0.2, 0) is 6.42 Å². The molecular formula is C11H14ClN7. The zero-order valence-corrected chi connectivity index (χ0v) is 10.9. The summed E-state index contributed by atoms with van der Waals surface area (Å²) >= 11 is 5.92. The van der Waals surface area contributed by atoms with E-state index in [1.54, 1.807) is 6.20 Å². The summed E-state index contributed by atoms with van der Waals surface area (Å²) in [6.07, 6.45) is 4.15. The number of aliphatic imine (C=N–C) groups is 2. The molecule has 2 aromatic rings. The second kappa shape index (κ2) is 5.57. The van der Waals surface area contributed by atoms with Gasteiger partial charge in [0.1, 0.15) is 5.65 Å². The molecule has 2 rings (SSSR count). The lowest BCUT2D eigenvalue weighted by atomic mass is 10.1. The molecule has 8 heteroatoms. The summed E-state index contributed by atoms with van der Waals surface area (Å²) in [5.74, 6) is -0.0414. The molecule has 2 heterocycles. The van der Waals surface area contributed by atoms with Crippen LogP contribution in [0, 0.1) is 0 Å². The Morgan fingerprint density at radius 1 is 1.37 bits per heavy atom. The van der Waals surface area contributed by atoms with Crippen LogP contribution in [0.2, 0.25) is 5.02 Å². The first-order chi connectivity index (χ1) is 9.06. The van der Waals surface area contributed by atoms with Crippen molar-refractivity contribution in [2.24, 2.45) is 27.2 Å². The van der Waals surface area contributed by atoms with E-state index in [0.29, 0.717) is 18.0 Å². The first-order valence-corrected chi connectivity index (χ1v) is 5.95. The quantitative estimate of drug-likeness (QED) is 0.476. The number of fused-ring (bicyclic) bond motifs is 1. The Balaban J connectivity index is 2.10. The molecule has 0 unspecified atom stereocenters. The van der Waals surface area contributed by atoms with Crippen LogP contribution in [0.5, 0.6) is 0 Å². The number of hydrogen-bond acceptors (Lipinski definition) is 2. The molecule has 0 bridgehead atoms. The van der Waals surface area contributed by atoms with Gasteiger partial charge in [-0.15, -0.1) is 0 Å². The minimum atomic E-state index is -0.107. The summed E-state index contributed by atoms with van der Waals surface area (Å²) in [6.45, 7) is 0.474. The van der Waals surface area contributed by atoms with Crippen LogP contribution in [-0.4, -0.2) is 28.4 Å². The minimum absolute atomic E-state index is 0.0657. The van der Waals surface area contributed by atoms with E-state index in [1.807, 2.05) is 12.3 Å². The second-order valence-corrected chi connectivity index (χ2v) is 4.33. The van der Waals surface area contributed by atoms with E-state index in [-0.39, 0.29) is 11.9 Å². The maximum Gasteiger partial charge on any atom is 0.218 e. The van der Waals surface area contributed by atoms with Crippen molar-refractivity contribution in [2.75, 3.05) is 6.54 Å². The van der Waals surface area contributed by atoms with Crippen molar-refractivity contribution in [3.05, 3.63) is 29.0 Å². The zero-order valence-electron chi connectivity index (χ0n) is 10.1. The molecule has 0 amide bonds. The van der Waals surface area contributed by atoms with Crippen molar-refractivity contribution >= 4 is 34.6 Å². The highest BCUT2D eigenvalue weighted by Crippen LogP contribution is 2.20. The molecule has 0 aliphatic heterocycles. The van der Waals surface area contributed by atoms with Gasteiger partial charge in [0.05, 0.1) is 5.02 Å². The van der Waals surface area contributed by atoms with E-state index in [4.69, 9.17) is 28.8 Å². The Hall–Kier alpha value is -2.28. The zero-order chi connectivity index (χ0) is 13.8.